The van der Waals surface area contributed by atoms with Crippen molar-refractivity contribution in [2.24, 2.45) is 4.99 Å². The summed E-state index contributed by atoms with van der Waals surface area (Å²) in [6.07, 6.45) is 1.10. The van der Waals surface area contributed by atoms with Crippen LogP contribution < -0.4 is 20.7 Å². The molecule has 0 unspecified atom stereocenters. The number of H-pyrrole nitrogens is 1. The van der Waals surface area contributed by atoms with Crippen LogP contribution in [0.4, 0.5) is 11.4 Å². The van der Waals surface area contributed by atoms with Gasteiger partial charge in [0, 0.05) is 11.9 Å². The van der Waals surface area contributed by atoms with Crippen LogP contribution in [0.25, 0.3) is 5.69 Å². The number of aromatic nitrogens is 2. The molecule has 1 aromatic heterocycles. The second kappa shape index (κ2) is 10.5. The smallest absolute Gasteiger partial charge is 0.335 e. The van der Waals surface area contributed by atoms with Crippen LogP contribution in [0.1, 0.15) is 18.1 Å². The number of aromatic amines is 1. The van der Waals surface area contributed by atoms with Gasteiger partial charge < -0.3 is 9.84 Å². The standard InChI is InChI=1S/C26H24N4O6S/c1-3-36-21-12-10-20(11-13-21)30-25(32)23(24(31)28-26(30)33)16-27-18-8-14-22(15-9-18)37(34,35)29-19-6-4-17(2)5-7-19/h4-16,29,32H,3H2,1-2H3,(H,28,31,33). The van der Waals surface area contributed by atoms with E-state index in [2.05, 4.69) is 14.7 Å². The van der Waals surface area contributed by atoms with Crippen LogP contribution in [0.5, 0.6) is 11.6 Å². The summed E-state index contributed by atoms with van der Waals surface area (Å²) in [7, 11) is -3.82. The van der Waals surface area contributed by atoms with E-state index in [1.54, 1.807) is 48.5 Å². The summed E-state index contributed by atoms with van der Waals surface area (Å²) in [5.74, 6) is -0.00678. The van der Waals surface area contributed by atoms with Gasteiger partial charge in [0.25, 0.3) is 15.6 Å². The van der Waals surface area contributed by atoms with Crippen molar-refractivity contribution in [3.8, 4) is 17.3 Å². The quantitative estimate of drug-likeness (QED) is 0.304. The maximum absolute atomic E-state index is 12.7. The van der Waals surface area contributed by atoms with Crippen molar-refractivity contribution in [1.29, 1.82) is 0 Å². The van der Waals surface area contributed by atoms with E-state index in [1.807, 2.05) is 13.8 Å². The highest BCUT2D eigenvalue weighted by molar-refractivity contribution is 7.92. The Morgan fingerprint density at radius 2 is 1.65 bits per heavy atom. The molecule has 0 radical (unpaired) electrons. The Balaban J connectivity index is 1.59. The normalized spacial score (nSPS) is 11.5. The van der Waals surface area contributed by atoms with E-state index in [4.69, 9.17) is 4.74 Å². The number of aryl methyl sites for hydroxylation is 1. The lowest BCUT2D eigenvalue weighted by molar-refractivity contribution is 0.340. The fraction of sp³-hybridized carbons (Fsp3) is 0.115. The summed E-state index contributed by atoms with van der Waals surface area (Å²) < 4.78 is 34.1. The molecule has 0 aliphatic carbocycles. The minimum absolute atomic E-state index is 0.0248. The van der Waals surface area contributed by atoms with E-state index in [-0.39, 0.29) is 10.5 Å². The summed E-state index contributed by atoms with van der Waals surface area (Å²) in [5, 5.41) is 10.7. The Kier molecular flexibility index (Phi) is 7.25. The average Bonchev–Trinajstić information content (AvgIpc) is 2.86. The van der Waals surface area contributed by atoms with Gasteiger partial charge in [-0.05, 0) is 74.5 Å². The lowest BCUT2D eigenvalue weighted by atomic mass is 10.2. The lowest BCUT2D eigenvalue weighted by Gasteiger charge is -2.10. The van der Waals surface area contributed by atoms with Gasteiger partial charge in [0.1, 0.15) is 11.3 Å². The highest BCUT2D eigenvalue weighted by Crippen LogP contribution is 2.22. The summed E-state index contributed by atoms with van der Waals surface area (Å²) in [4.78, 5) is 31.1. The summed E-state index contributed by atoms with van der Waals surface area (Å²) >= 11 is 0. The molecular weight excluding hydrogens is 496 g/mol. The number of nitrogens with zero attached hydrogens (tertiary/aromatic N) is 2. The van der Waals surface area contributed by atoms with E-state index in [0.717, 1.165) is 16.3 Å². The van der Waals surface area contributed by atoms with Gasteiger partial charge >= 0.3 is 5.69 Å². The molecule has 0 spiro atoms. The van der Waals surface area contributed by atoms with Crippen LogP contribution in [0, 0.1) is 6.92 Å². The molecule has 0 aliphatic rings. The molecule has 0 fully saturated rings. The van der Waals surface area contributed by atoms with Crippen molar-refractivity contribution < 1.29 is 18.3 Å². The van der Waals surface area contributed by atoms with E-state index >= 15 is 0 Å². The molecule has 190 valence electrons. The van der Waals surface area contributed by atoms with Crippen molar-refractivity contribution >= 4 is 27.6 Å². The van der Waals surface area contributed by atoms with Crippen LogP contribution in [-0.2, 0) is 10.0 Å². The Hall–Kier alpha value is -4.64. The first kappa shape index (κ1) is 25.5. The van der Waals surface area contributed by atoms with Crippen LogP contribution >= 0.6 is 0 Å². The molecule has 0 saturated heterocycles. The zero-order valence-corrected chi connectivity index (χ0v) is 20.8. The summed E-state index contributed by atoms with van der Waals surface area (Å²) in [5.41, 5.74) is 0.190. The fourth-order valence-corrected chi connectivity index (χ4v) is 4.50. The molecular formula is C26H24N4O6S. The Labute approximate surface area is 212 Å². The first-order valence-electron chi connectivity index (χ1n) is 11.2. The summed E-state index contributed by atoms with van der Waals surface area (Å²) in [6, 6.07) is 19.0. The Bertz CT molecular complexity index is 1660. The molecule has 0 aliphatic heterocycles. The van der Waals surface area contributed by atoms with Crippen LogP contribution in [0.3, 0.4) is 0 Å². The van der Waals surface area contributed by atoms with Crippen molar-refractivity contribution in [1.82, 2.24) is 9.55 Å². The first-order chi connectivity index (χ1) is 17.7. The molecule has 0 bridgehead atoms. The van der Waals surface area contributed by atoms with Gasteiger partial charge in [-0.2, -0.15) is 0 Å². The lowest BCUT2D eigenvalue weighted by Crippen LogP contribution is -2.31. The third-order valence-electron chi connectivity index (χ3n) is 5.32. The number of nitrogens with one attached hydrogen (secondary N) is 2. The second-order valence-electron chi connectivity index (χ2n) is 7.98. The highest BCUT2D eigenvalue weighted by Gasteiger charge is 2.16. The highest BCUT2D eigenvalue weighted by atomic mass is 32.2. The fourth-order valence-electron chi connectivity index (χ4n) is 3.44. The maximum Gasteiger partial charge on any atom is 0.335 e. The molecule has 4 aromatic rings. The van der Waals surface area contributed by atoms with Gasteiger partial charge in [0.2, 0.25) is 5.88 Å². The largest absolute Gasteiger partial charge is 0.494 e. The van der Waals surface area contributed by atoms with Gasteiger partial charge in [0.15, 0.2) is 0 Å². The van der Waals surface area contributed by atoms with Gasteiger partial charge in [-0.15, -0.1) is 0 Å². The molecule has 4 rings (SSSR count). The Morgan fingerprint density at radius 3 is 2.27 bits per heavy atom. The molecule has 37 heavy (non-hydrogen) atoms. The van der Waals surface area contributed by atoms with E-state index in [0.29, 0.717) is 29.4 Å². The van der Waals surface area contributed by atoms with Crippen LogP contribution in [0.2, 0.25) is 0 Å². The van der Waals surface area contributed by atoms with Crippen molar-refractivity contribution in [2.75, 3.05) is 11.3 Å². The van der Waals surface area contributed by atoms with E-state index < -0.39 is 27.2 Å². The topological polar surface area (TPSA) is 143 Å². The molecule has 0 amide bonds. The molecule has 0 saturated carbocycles. The molecule has 10 nitrogen and oxygen atoms in total. The van der Waals surface area contributed by atoms with E-state index in [1.165, 1.54) is 24.3 Å². The third-order valence-corrected chi connectivity index (χ3v) is 6.72. The third kappa shape index (κ3) is 5.78. The Morgan fingerprint density at radius 1 is 1.00 bits per heavy atom. The van der Waals surface area contributed by atoms with E-state index in [9.17, 15) is 23.1 Å². The predicted molar refractivity (Wildman–Crippen MR) is 141 cm³/mol. The molecule has 1 heterocycles. The maximum atomic E-state index is 12.7. The van der Waals surface area contributed by atoms with Gasteiger partial charge in [-0.25, -0.2) is 17.8 Å². The molecule has 3 N–H and O–H groups in total. The zero-order valence-electron chi connectivity index (χ0n) is 20.0. The number of anilines is 1. The minimum atomic E-state index is -3.82. The number of sulfonamides is 1. The number of benzene rings is 3. The van der Waals surface area contributed by atoms with Gasteiger partial charge in [-0.1, -0.05) is 17.7 Å². The van der Waals surface area contributed by atoms with Crippen molar-refractivity contribution in [3.63, 3.8) is 0 Å². The number of aromatic hydroxyl groups is 1. The first-order valence-corrected chi connectivity index (χ1v) is 12.7. The van der Waals surface area contributed by atoms with Crippen LogP contribution in [0.15, 0.2) is 92.3 Å². The second-order valence-corrected chi connectivity index (χ2v) is 9.66. The van der Waals surface area contributed by atoms with Gasteiger partial charge in [-0.3, -0.25) is 19.5 Å². The monoisotopic (exact) mass is 520 g/mol. The SMILES string of the molecule is CCOc1ccc(-n2c(O)c(C=Nc3ccc(S(=O)(=O)Nc4ccc(C)cc4)cc3)c(=O)[nH]c2=O)cc1. The number of hydrogen-bond acceptors (Lipinski definition) is 7. The number of rotatable bonds is 8. The number of hydrogen-bond donors (Lipinski definition) is 3. The van der Waals surface area contributed by atoms with Crippen LogP contribution in [-0.4, -0.2) is 35.9 Å². The zero-order chi connectivity index (χ0) is 26.6. The minimum Gasteiger partial charge on any atom is -0.494 e. The molecule has 3 aromatic carbocycles. The number of ether oxygens (including phenoxy) is 1. The van der Waals surface area contributed by atoms with Crippen molar-refractivity contribution in [2.45, 2.75) is 18.7 Å². The number of aliphatic imine (C=N–C) groups is 1. The molecule has 0 atom stereocenters. The predicted octanol–water partition coefficient (Wildman–Crippen LogP) is 3.49. The summed E-state index contributed by atoms with van der Waals surface area (Å²) in [6.45, 7) is 4.21. The van der Waals surface area contributed by atoms with Gasteiger partial charge in [0.05, 0.1) is 22.9 Å². The molecule has 11 heteroatoms. The van der Waals surface area contributed by atoms with Crippen molar-refractivity contribution in [3.05, 3.63) is 105 Å². The average molecular weight is 521 g/mol.